The van der Waals surface area contributed by atoms with Gasteiger partial charge in [0, 0.05) is 28.5 Å². The third-order valence-electron chi connectivity index (χ3n) is 8.33. The van der Waals surface area contributed by atoms with Crippen LogP contribution in [-0.4, -0.2) is 28.9 Å². The van der Waals surface area contributed by atoms with Gasteiger partial charge in [0.15, 0.2) is 0 Å². The van der Waals surface area contributed by atoms with Gasteiger partial charge in [0.1, 0.15) is 0 Å². The van der Waals surface area contributed by atoms with Gasteiger partial charge >= 0.3 is 5.97 Å². The number of methoxy groups -OCH3 is 1. The maximum atomic E-state index is 11.5. The molecular weight excluding hydrogens is 562 g/mol. The number of rotatable bonds is 13. The quantitative estimate of drug-likeness (QED) is 0.166. The highest BCUT2D eigenvalue weighted by Crippen LogP contribution is 2.53. The summed E-state index contributed by atoms with van der Waals surface area (Å²) in [5, 5.41) is 11.5. The zero-order valence-corrected chi connectivity index (χ0v) is 26.0. The standard InChI is InChI=1S/C36H38ClNO3S/c1-35(2,41-3)31-10-5-4-8-26(31)14-18-33(42-24-36(19-20-36)23-34(39)40)28-9-6-7-25(21-28)11-16-30-17-13-27-12-15-29(37)22-32(27)38-30/h4-13,15-17,21-22,33H,14,18-20,23-24H2,1-3H3,(H,39,40)/b16-11+/t33-/m1/s1. The van der Waals surface area contributed by atoms with Crippen molar-refractivity contribution in [3.8, 4) is 0 Å². The van der Waals surface area contributed by atoms with Crippen LogP contribution in [0.5, 0.6) is 0 Å². The molecule has 0 amide bonds. The molecule has 42 heavy (non-hydrogen) atoms. The first-order chi connectivity index (χ1) is 20.2. The minimum atomic E-state index is -0.697. The number of carbonyl (C=O) groups is 1. The van der Waals surface area contributed by atoms with Crippen LogP contribution in [0.4, 0.5) is 0 Å². The van der Waals surface area contributed by atoms with Gasteiger partial charge < -0.3 is 9.84 Å². The Balaban J connectivity index is 1.38. The normalized spacial score (nSPS) is 15.2. The van der Waals surface area contributed by atoms with Gasteiger partial charge in [-0.05, 0) is 91.5 Å². The summed E-state index contributed by atoms with van der Waals surface area (Å²) in [5.41, 5.74) is 6.19. The number of hydrogen-bond acceptors (Lipinski definition) is 4. The van der Waals surface area contributed by atoms with Gasteiger partial charge in [-0.15, -0.1) is 0 Å². The fraction of sp³-hybridized carbons (Fsp3) is 0.333. The van der Waals surface area contributed by atoms with Crippen LogP contribution in [-0.2, 0) is 21.6 Å². The molecule has 0 saturated heterocycles. The highest BCUT2D eigenvalue weighted by Gasteiger charge is 2.44. The number of pyridine rings is 1. The highest BCUT2D eigenvalue weighted by molar-refractivity contribution is 7.99. The van der Waals surface area contributed by atoms with Crippen molar-refractivity contribution in [1.29, 1.82) is 0 Å². The maximum absolute atomic E-state index is 11.5. The van der Waals surface area contributed by atoms with Gasteiger partial charge in [0.2, 0.25) is 0 Å². The third-order valence-corrected chi connectivity index (χ3v) is 10.3. The molecule has 1 fully saturated rings. The van der Waals surface area contributed by atoms with Gasteiger partial charge in [0.05, 0.1) is 23.2 Å². The van der Waals surface area contributed by atoms with E-state index in [2.05, 4.69) is 74.5 Å². The number of ether oxygens (including phenoxy) is 1. The average molecular weight is 600 g/mol. The summed E-state index contributed by atoms with van der Waals surface area (Å²) in [6, 6.07) is 27.1. The number of nitrogens with zero attached hydrogens (tertiary/aromatic N) is 1. The predicted molar refractivity (Wildman–Crippen MR) is 176 cm³/mol. The van der Waals surface area contributed by atoms with E-state index in [0.29, 0.717) is 5.02 Å². The van der Waals surface area contributed by atoms with Crippen LogP contribution in [0.25, 0.3) is 23.1 Å². The first-order valence-electron chi connectivity index (χ1n) is 14.5. The predicted octanol–water partition coefficient (Wildman–Crippen LogP) is 9.60. The molecule has 1 N–H and O–H groups in total. The summed E-state index contributed by atoms with van der Waals surface area (Å²) in [4.78, 5) is 16.3. The Bertz CT molecular complexity index is 1590. The van der Waals surface area contributed by atoms with Crippen molar-refractivity contribution >= 4 is 52.4 Å². The van der Waals surface area contributed by atoms with Crippen LogP contribution in [0.15, 0.2) is 78.9 Å². The van der Waals surface area contributed by atoms with Crippen LogP contribution in [0.2, 0.25) is 5.02 Å². The largest absolute Gasteiger partial charge is 0.481 e. The maximum Gasteiger partial charge on any atom is 0.303 e. The fourth-order valence-corrected chi connectivity index (χ4v) is 7.19. The first-order valence-corrected chi connectivity index (χ1v) is 15.9. The number of hydrogen-bond donors (Lipinski definition) is 1. The molecule has 0 aliphatic heterocycles. The van der Waals surface area contributed by atoms with E-state index in [0.717, 1.165) is 53.6 Å². The van der Waals surface area contributed by atoms with Crippen molar-refractivity contribution in [1.82, 2.24) is 4.98 Å². The number of aryl methyl sites for hydroxylation is 1. The molecule has 1 aromatic heterocycles. The molecule has 0 unspecified atom stereocenters. The van der Waals surface area contributed by atoms with Crippen LogP contribution in [0.1, 0.15) is 72.7 Å². The van der Waals surface area contributed by atoms with Crippen LogP contribution < -0.4 is 0 Å². The number of thioether (sulfide) groups is 1. The minimum absolute atomic E-state index is 0.0626. The molecule has 3 aromatic carbocycles. The lowest BCUT2D eigenvalue weighted by Gasteiger charge is -2.27. The van der Waals surface area contributed by atoms with E-state index >= 15 is 0 Å². The average Bonchev–Trinajstić information content (AvgIpc) is 3.74. The lowest BCUT2D eigenvalue weighted by Crippen LogP contribution is -2.21. The minimum Gasteiger partial charge on any atom is -0.481 e. The van der Waals surface area contributed by atoms with E-state index in [1.54, 1.807) is 7.11 Å². The molecule has 6 heteroatoms. The van der Waals surface area contributed by atoms with Crippen molar-refractivity contribution in [3.63, 3.8) is 0 Å². The van der Waals surface area contributed by atoms with E-state index in [1.165, 1.54) is 16.7 Å². The molecule has 1 atom stereocenters. The highest BCUT2D eigenvalue weighted by atomic mass is 35.5. The summed E-state index contributed by atoms with van der Waals surface area (Å²) in [5.74, 6) is 0.163. The molecule has 4 nitrogen and oxygen atoms in total. The Kier molecular flexibility index (Phi) is 9.41. The van der Waals surface area contributed by atoms with Gasteiger partial charge in [-0.1, -0.05) is 78.3 Å². The van der Waals surface area contributed by atoms with Crippen LogP contribution in [0.3, 0.4) is 0 Å². The molecule has 1 aliphatic carbocycles. The molecule has 218 valence electrons. The monoisotopic (exact) mass is 599 g/mol. The second kappa shape index (κ2) is 13.0. The van der Waals surface area contributed by atoms with E-state index in [1.807, 2.05) is 42.1 Å². The van der Waals surface area contributed by atoms with Crippen LogP contribution >= 0.6 is 23.4 Å². The second-order valence-electron chi connectivity index (χ2n) is 11.9. The van der Waals surface area contributed by atoms with E-state index in [-0.39, 0.29) is 22.7 Å². The molecule has 5 rings (SSSR count). The third kappa shape index (κ3) is 7.63. The zero-order valence-electron chi connectivity index (χ0n) is 24.5. The Labute approximate surface area is 258 Å². The Hall–Kier alpha value is -3.12. The number of carboxylic acids is 1. The molecular formula is C36H38ClNO3S. The number of fused-ring (bicyclic) bond motifs is 1. The van der Waals surface area contributed by atoms with E-state index in [9.17, 15) is 9.90 Å². The van der Waals surface area contributed by atoms with Gasteiger partial charge in [-0.2, -0.15) is 11.8 Å². The van der Waals surface area contributed by atoms with E-state index < -0.39 is 5.97 Å². The van der Waals surface area contributed by atoms with Gasteiger partial charge in [0.25, 0.3) is 0 Å². The van der Waals surface area contributed by atoms with E-state index in [4.69, 9.17) is 21.3 Å². The molecule has 4 aromatic rings. The smallest absolute Gasteiger partial charge is 0.303 e. The Morgan fingerprint density at radius 3 is 2.62 bits per heavy atom. The molecule has 1 aliphatic rings. The Morgan fingerprint density at radius 1 is 1.07 bits per heavy atom. The fourth-order valence-electron chi connectivity index (χ4n) is 5.46. The molecule has 1 heterocycles. The van der Waals surface area contributed by atoms with Gasteiger partial charge in [-0.3, -0.25) is 4.79 Å². The lowest BCUT2D eigenvalue weighted by molar-refractivity contribution is -0.138. The van der Waals surface area contributed by atoms with Crippen molar-refractivity contribution in [2.45, 2.75) is 56.8 Å². The van der Waals surface area contributed by atoms with Crippen molar-refractivity contribution in [3.05, 3.63) is 112 Å². The van der Waals surface area contributed by atoms with Crippen molar-refractivity contribution in [2.75, 3.05) is 12.9 Å². The lowest BCUT2D eigenvalue weighted by atomic mass is 9.90. The first kappa shape index (κ1) is 30.3. The molecule has 0 bridgehead atoms. The van der Waals surface area contributed by atoms with Gasteiger partial charge in [-0.25, -0.2) is 4.98 Å². The molecule has 0 radical (unpaired) electrons. The number of halogens is 1. The SMILES string of the molecule is COC(C)(C)c1ccccc1CC[C@@H](SCC1(CC(=O)O)CC1)c1cccc(/C=C/c2ccc3ccc(Cl)cc3n2)c1. The van der Waals surface area contributed by atoms with Crippen molar-refractivity contribution < 1.29 is 14.6 Å². The number of carboxylic acid groups (broad SMARTS) is 1. The number of aromatic nitrogens is 1. The summed E-state index contributed by atoms with van der Waals surface area (Å²) in [6.45, 7) is 4.21. The number of aliphatic carboxylic acids is 1. The van der Waals surface area contributed by atoms with Crippen LogP contribution in [0, 0.1) is 5.41 Å². The Morgan fingerprint density at radius 2 is 1.86 bits per heavy atom. The summed E-state index contributed by atoms with van der Waals surface area (Å²) < 4.78 is 5.82. The van der Waals surface area contributed by atoms with Crippen molar-refractivity contribution in [2.24, 2.45) is 5.41 Å². The summed E-state index contributed by atoms with van der Waals surface area (Å²) in [7, 11) is 1.76. The summed E-state index contributed by atoms with van der Waals surface area (Å²) in [6.07, 6.45) is 8.25. The summed E-state index contributed by atoms with van der Waals surface area (Å²) >= 11 is 8.09. The molecule has 1 saturated carbocycles. The zero-order chi connectivity index (χ0) is 29.7. The second-order valence-corrected chi connectivity index (χ2v) is 13.5. The number of benzene rings is 3. The topological polar surface area (TPSA) is 59.4 Å². The molecule has 0 spiro atoms.